The summed E-state index contributed by atoms with van der Waals surface area (Å²) in [7, 11) is 0. The third-order valence-corrected chi connectivity index (χ3v) is 8.31. The lowest BCUT2D eigenvalue weighted by atomic mass is 9.82. The van der Waals surface area contributed by atoms with Crippen molar-refractivity contribution in [2.45, 2.75) is 50.4 Å². The number of aromatic nitrogens is 6. The zero-order valence-electron chi connectivity index (χ0n) is 21.2. The van der Waals surface area contributed by atoms with E-state index in [4.69, 9.17) is 11.7 Å². The van der Waals surface area contributed by atoms with Crippen molar-refractivity contribution >= 4 is 44.8 Å². The van der Waals surface area contributed by atoms with Gasteiger partial charge in [0.25, 0.3) is 0 Å². The van der Waals surface area contributed by atoms with Crippen LogP contribution in [0.2, 0.25) is 0 Å². The highest BCUT2D eigenvalue weighted by atomic mass is 32.1. The molecule has 4 heterocycles. The van der Waals surface area contributed by atoms with E-state index in [2.05, 4.69) is 46.9 Å². The molecule has 0 aliphatic heterocycles. The van der Waals surface area contributed by atoms with Gasteiger partial charge in [0.15, 0.2) is 0 Å². The summed E-state index contributed by atoms with van der Waals surface area (Å²) in [5, 5.41) is 34.2. The molecular weight excluding hydrogens is 546 g/mol. The second-order valence-electron chi connectivity index (χ2n) is 9.19. The molecule has 11 nitrogen and oxygen atoms in total. The van der Waals surface area contributed by atoms with Gasteiger partial charge >= 0.3 is 0 Å². The number of amides is 2. The van der Waals surface area contributed by atoms with Crippen molar-refractivity contribution in [2.24, 2.45) is 0 Å². The first kappa shape index (κ1) is 27.0. The molecule has 0 radical (unpaired) electrons. The molecule has 1 fully saturated rings. The fourth-order valence-corrected chi connectivity index (χ4v) is 6.31. The summed E-state index contributed by atoms with van der Waals surface area (Å²) in [4.78, 5) is 33.3. The summed E-state index contributed by atoms with van der Waals surface area (Å²) in [5.74, 6) is 2.34. The number of nitrogens with one attached hydrogen (secondary N) is 2. The van der Waals surface area contributed by atoms with Crippen LogP contribution in [0.3, 0.4) is 0 Å². The highest BCUT2D eigenvalue weighted by Crippen LogP contribution is 2.43. The lowest BCUT2D eigenvalue weighted by Gasteiger charge is -2.25. The molecule has 0 saturated heterocycles. The van der Waals surface area contributed by atoms with Crippen molar-refractivity contribution in [1.82, 2.24) is 30.4 Å². The molecule has 200 valence electrons. The summed E-state index contributed by atoms with van der Waals surface area (Å²) in [5.41, 5.74) is 1.85. The predicted octanol–water partition coefficient (Wildman–Crippen LogP) is 3.84. The Morgan fingerprint density at radius 2 is 1.38 bits per heavy atom. The number of carbonyl (C=O) groups is 2. The molecule has 2 atom stereocenters. The summed E-state index contributed by atoms with van der Waals surface area (Å²) < 4.78 is 0. The molecule has 1 aliphatic rings. The van der Waals surface area contributed by atoms with E-state index in [-0.39, 0.29) is 42.2 Å². The van der Waals surface area contributed by atoms with Crippen LogP contribution in [0, 0.1) is 23.7 Å². The van der Waals surface area contributed by atoms with Gasteiger partial charge in [-0.1, -0.05) is 47.1 Å². The van der Waals surface area contributed by atoms with E-state index in [1.165, 1.54) is 22.7 Å². The van der Waals surface area contributed by atoms with Crippen LogP contribution in [0.4, 0.5) is 10.3 Å². The minimum atomic E-state index is -0.269. The van der Waals surface area contributed by atoms with Gasteiger partial charge in [0.05, 0.1) is 24.2 Å². The van der Waals surface area contributed by atoms with Gasteiger partial charge in [-0.25, -0.2) is 9.97 Å². The molecule has 1 saturated carbocycles. The summed E-state index contributed by atoms with van der Waals surface area (Å²) in [6.45, 7) is 0. The highest BCUT2D eigenvalue weighted by molar-refractivity contribution is 7.15. The minimum absolute atomic E-state index is 0.0413. The normalized spacial score (nSPS) is 16.4. The standard InChI is InChI=1S/C27H23N9O2S2/c1-2-18-8-4-9-19(29-18)13-22(37)31-26-35-33-24(39-26)16-6-3-7-17(12-16)25-34-36-27(40-25)32-23(38)14-20-10-5-11-21(15-28)30-20/h1,4-5,8-11,16-17H,3,6-7,12-14H2,(H,31,35,37)(H,32,36,38)/t16-,17-/m0/s1. The second-order valence-corrected chi connectivity index (χ2v) is 11.2. The largest absolute Gasteiger partial charge is 0.300 e. The quantitative estimate of drug-likeness (QED) is 0.301. The second kappa shape index (κ2) is 12.5. The van der Waals surface area contributed by atoms with E-state index < -0.39 is 0 Å². The number of nitriles is 1. The molecule has 4 aromatic heterocycles. The predicted molar refractivity (Wildman–Crippen MR) is 150 cm³/mol. The van der Waals surface area contributed by atoms with Crippen molar-refractivity contribution in [3.8, 4) is 18.4 Å². The summed E-state index contributed by atoms with van der Waals surface area (Å²) in [6, 6.07) is 12.2. The van der Waals surface area contributed by atoms with Crippen LogP contribution in [0.1, 0.15) is 70.3 Å². The first-order valence-electron chi connectivity index (χ1n) is 12.5. The molecule has 0 bridgehead atoms. The van der Waals surface area contributed by atoms with E-state index in [0.717, 1.165) is 35.7 Å². The molecule has 0 aromatic carbocycles. The van der Waals surface area contributed by atoms with Gasteiger partial charge in [0, 0.05) is 11.8 Å². The Kier molecular flexibility index (Phi) is 8.44. The first-order valence-corrected chi connectivity index (χ1v) is 14.2. The van der Waals surface area contributed by atoms with Crippen LogP contribution in [0.25, 0.3) is 0 Å². The maximum Gasteiger partial charge on any atom is 0.232 e. The number of hydrogen-bond donors (Lipinski definition) is 2. The average Bonchev–Trinajstić information content (AvgIpc) is 3.63. The number of hydrogen-bond acceptors (Lipinski definition) is 11. The van der Waals surface area contributed by atoms with Crippen molar-refractivity contribution in [3.63, 3.8) is 0 Å². The van der Waals surface area contributed by atoms with Crippen molar-refractivity contribution in [2.75, 3.05) is 10.6 Å². The maximum absolute atomic E-state index is 12.5. The number of rotatable bonds is 8. The zero-order chi connectivity index (χ0) is 27.9. The molecular formula is C27H23N9O2S2. The number of terminal acetylenes is 1. The highest BCUT2D eigenvalue weighted by Gasteiger charge is 2.29. The number of carbonyl (C=O) groups excluding carboxylic acids is 2. The van der Waals surface area contributed by atoms with Crippen LogP contribution in [-0.4, -0.2) is 42.2 Å². The third-order valence-electron chi connectivity index (χ3n) is 6.31. The Morgan fingerprint density at radius 3 is 1.90 bits per heavy atom. The average molecular weight is 570 g/mol. The van der Waals surface area contributed by atoms with Gasteiger partial charge in [0.1, 0.15) is 27.5 Å². The number of anilines is 2. The van der Waals surface area contributed by atoms with Crippen LogP contribution in [0.5, 0.6) is 0 Å². The summed E-state index contributed by atoms with van der Waals surface area (Å²) in [6.07, 6.45) is 9.29. The smallest absolute Gasteiger partial charge is 0.232 e. The molecule has 2 amide bonds. The molecule has 1 aliphatic carbocycles. The Bertz CT molecular complexity index is 1500. The molecule has 0 spiro atoms. The first-order chi connectivity index (χ1) is 19.5. The molecule has 13 heteroatoms. The molecule has 5 rings (SSSR count). The van der Waals surface area contributed by atoms with Crippen LogP contribution in [-0.2, 0) is 22.4 Å². The monoisotopic (exact) mass is 569 g/mol. The van der Waals surface area contributed by atoms with Crippen LogP contribution < -0.4 is 10.6 Å². The van der Waals surface area contributed by atoms with E-state index in [0.29, 0.717) is 27.3 Å². The Hall–Kier alpha value is -4.59. The SMILES string of the molecule is C#Cc1cccc(CC(=O)Nc2nnc([C@H]3CCC[C@H](c4nnc(NC(=O)Cc5cccc(C#N)n5)s4)C3)s2)n1. The lowest BCUT2D eigenvalue weighted by Crippen LogP contribution is -2.15. The fourth-order valence-electron chi connectivity index (χ4n) is 4.49. The van der Waals surface area contributed by atoms with Crippen LogP contribution in [0.15, 0.2) is 36.4 Å². The number of nitrogens with zero attached hydrogens (tertiary/aromatic N) is 7. The van der Waals surface area contributed by atoms with E-state index in [9.17, 15) is 9.59 Å². The molecule has 0 unspecified atom stereocenters. The Morgan fingerprint density at radius 1 is 0.850 bits per heavy atom. The van der Waals surface area contributed by atoms with E-state index >= 15 is 0 Å². The van der Waals surface area contributed by atoms with Gasteiger partial charge in [-0.15, -0.1) is 26.8 Å². The molecule has 40 heavy (non-hydrogen) atoms. The van der Waals surface area contributed by atoms with Crippen molar-refractivity contribution < 1.29 is 9.59 Å². The Labute approximate surface area is 238 Å². The van der Waals surface area contributed by atoms with Gasteiger partial charge in [-0.05, 0) is 43.5 Å². The van der Waals surface area contributed by atoms with Gasteiger partial charge in [0.2, 0.25) is 22.1 Å². The fraction of sp³-hybridized carbons (Fsp3) is 0.296. The molecule has 2 N–H and O–H groups in total. The zero-order valence-corrected chi connectivity index (χ0v) is 22.8. The number of pyridine rings is 2. The minimum Gasteiger partial charge on any atom is -0.300 e. The van der Waals surface area contributed by atoms with Gasteiger partial charge in [-0.3, -0.25) is 9.59 Å². The lowest BCUT2D eigenvalue weighted by molar-refractivity contribution is -0.116. The maximum atomic E-state index is 12.5. The summed E-state index contributed by atoms with van der Waals surface area (Å²) >= 11 is 2.74. The Balaban J connectivity index is 1.15. The van der Waals surface area contributed by atoms with Gasteiger partial charge in [-0.2, -0.15) is 5.26 Å². The van der Waals surface area contributed by atoms with Crippen molar-refractivity contribution in [3.05, 3.63) is 69.2 Å². The van der Waals surface area contributed by atoms with Gasteiger partial charge < -0.3 is 10.6 Å². The topological polar surface area (TPSA) is 159 Å². The molecule has 4 aromatic rings. The van der Waals surface area contributed by atoms with E-state index in [1.54, 1.807) is 36.4 Å². The van der Waals surface area contributed by atoms with Crippen molar-refractivity contribution in [1.29, 1.82) is 5.26 Å². The van der Waals surface area contributed by atoms with E-state index in [1.807, 2.05) is 6.07 Å². The van der Waals surface area contributed by atoms with Crippen LogP contribution >= 0.6 is 22.7 Å². The third kappa shape index (κ3) is 6.88.